The van der Waals surface area contributed by atoms with E-state index in [0.717, 1.165) is 26.7 Å². The number of carbonyl (C=O) groups excluding carboxylic acids is 1. The van der Waals surface area contributed by atoms with Crippen molar-refractivity contribution < 1.29 is 14.3 Å². The van der Waals surface area contributed by atoms with Gasteiger partial charge < -0.3 is 14.8 Å². The van der Waals surface area contributed by atoms with Gasteiger partial charge in [0, 0.05) is 24.3 Å². The first-order valence-corrected chi connectivity index (χ1v) is 11.9. The van der Waals surface area contributed by atoms with Crippen molar-refractivity contribution in [3.8, 4) is 32.6 Å². The lowest BCUT2D eigenvalue weighted by Gasteiger charge is -2.07. The monoisotopic (exact) mass is 486 g/mol. The second kappa shape index (κ2) is 9.94. The molecule has 0 unspecified atom stereocenters. The largest absolute Gasteiger partial charge is 0.454 e. The van der Waals surface area contributed by atoms with Crippen LogP contribution in [0.25, 0.3) is 27.2 Å². The third-order valence-corrected chi connectivity index (χ3v) is 6.59. The zero-order valence-corrected chi connectivity index (χ0v) is 19.7. The van der Waals surface area contributed by atoms with E-state index in [4.69, 9.17) is 9.47 Å². The minimum absolute atomic E-state index is 0.203. The van der Waals surface area contributed by atoms with Gasteiger partial charge in [0.2, 0.25) is 12.7 Å². The smallest absolute Gasteiger partial charge is 0.266 e. The summed E-state index contributed by atoms with van der Waals surface area (Å²) >= 11 is 1.54. The predicted octanol–water partition coefficient (Wildman–Crippen LogP) is 3.90. The highest BCUT2D eigenvalue weighted by Crippen LogP contribution is 2.34. The van der Waals surface area contributed by atoms with E-state index in [2.05, 4.69) is 15.4 Å². The number of ether oxygens (including phenoxy) is 2. The maximum absolute atomic E-state index is 12.3. The summed E-state index contributed by atoms with van der Waals surface area (Å²) in [6.45, 7) is 2.65. The van der Waals surface area contributed by atoms with Crippen molar-refractivity contribution >= 4 is 23.3 Å². The molecule has 2 aromatic carbocycles. The fraction of sp³-hybridized carbons (Fsp3) is 0.154. The number of rotatable bonds is 7. The van der Waals surface area contributed by atoms with Gasteiger partial charge in [-0.05, 0) is 36.8 Å². The molecule has 8 nitrogen and oxygen atoms in total. The number of nitrogens with one attached hydrogen (secondary N) is 1. The summed E-state index contributed by atoms with van der Waals surface area (Å²) in [4.78, 5) is 30.1. The van der Waals surface area contributed by atoms with Crippen molar-refractivity contribution in [2.24, 2.45) is 0 Å². The molecule has 0 radical (unpaired) electrons. The minimum atomic E-state index is -0.266. The number of carbonyl (C=O) groups is 1. The second-order valence-electron chi connectivity index (χ2n) is 7.82. The van der Waals surface area contributed by atoms with Crippen LogP contribution in [0, 0.1) is 6.92 Å². The van der Waals surface area contributed by atoms with Crippen LogP contribution in [0.15, 0.2) is 71.5 Å². The third kappa shape index (κ3) is 5.15. The molecule has 1 N–H and O–H groups in total. The summed E-state index contributed by atoms with van der Waals surface area (Å²) in [6, 6.07) is 18.6. The fourth-order valence-corrected chi connectivity index (χ4v) is 4.64. The zero-order valence-electron chi connectivity index (χ0n) is 18.9. The Labute approximate surface area is 205 Å². The average Bonchev–Trinajstić information content (AvgIpc) is 3.50. The fourth-order valence-electron chi connectivity index (χ4n) is 3.60. The van der Waals surface area contributed by atoms with Crippen LogP contribution in [0.4, 0.5) is 0 Å². The topological polar surface area (TPSA) is 95.3 Å². The Balaban J connectivity index is 1.23. The molecule has 0 fully saturated rings. The molecule has 4 aromatic rings. The standard InChI is InChI=1S/C26H22N4O4S/c1-17-25(35-26(28-17)19-5-3-2-4-6-19)20-9-12-24(32)30(29-20)14-13-27-23(31)11-8-18-7-10-21-22(15-18)34-16-33-21/h2-12,15H,13-14,16H2,1H3,(H,27,31). The number of fused-ring (bicyclic) bond motifs is 1. The molecular formula is C26H22N4O4S. The van der Waals surface area contributed by atoms with E-state index in [0.29, 0.717) is 17.2 Å². The van der Waals surface area contributed by atoms with Gasteiger partial charge in [-0.3, -0.25) is 9.59 Å². The SMILES string of the molecule is Cc1nc(-c2ccccc2)sc1-c1ccc(=O)n(CCNC(=O)C=Cc2ccc3c(c2)OCO3)n1. The summed E-state index contributed by atoms with van der Waals surface area (Å²) in [6.07, 6.45) is 3.13. The molecule has 9 heteroatoms. The molecule has 0 atom stereocenters. The van der Waals surface area contributed by atoms with Gasteiger partial charge >= 0.3 is 0 Å². The van der Waals surface area contributed by atoms with Crippen LogP contribution in [0.3, 0.4) is 0 Å². The normalized spacial score (nSPS) is 12.3. The lowest BCUT2D eigenvalue weighted by molar-refractivity contribution is -0.116. The Morgan fingerprint density at radius 2 is 1.94 bits per heavy atom. The Hall–Kier alpha value is -4.24. The van der Waals surface area contributed by atoms with Crippen molar-refractivity contribution in [1.29, 1.82) is 0 Å². The molecule has 176 valence electrons. The summed E-state index contributed by atoms with van der Waals surface area (Å²) < 4.78 is 12.0. The maximum atomic E-state index is 12.3. The van der Waals surface area contributed by atoms with Crippen LogP contribution >= 0.6 is 11.3 Å². The molecule has 0 bridgehead atoms. The highest BCUT2D eigenvalue weighted by Gasteiger charge is 2.14. The first kappa shape index (κ1) is 22.5. The van der Waals surface area contributed by atoms with E-state index in [9.17, 15) is 9.59 Å². The van der Waals surface area contributed by atoms with Crippen molar-refractivity contribution in [2.45, 2.75) is 13.5 Å². The Bertz CT molecular complexity index is 1460. The number of aromatic nitrogens is 3. The molecule has 1 aliphatic rings. The zero-order chi connectivity index (χ0) is 24.2. The van der Waals surface area contributed by atoms with E-state index in [-0.39, 0.29) is 31.3 Å². The molecule has 0 saturated carbocycles. The Morgan fingerprint density at radius 3 is 2.80 bits per heavy atom. The second-order valence-corrected chi connectivity index (χ2v) is 8.82. The number of amides is 1. The van der Waals surface area contributed by atoms with Crippen LogP contribution in [-0.4, -0.2) is 34.0 Å². The van der Waals surface area contributed by atoms with Gasteiger partial charge in [0.1, 0.15) is 10.7 Å². The molecular weight excluding hydrogens is 464 g/mol. The van der Waals surface area contributed by atoms with Crippen molar-refractivity contribution in [2.75, 3.05) is 13.3 Å². The third-order valence-electron chi connectivity index (χ3n) is 5.36. The van der Waals surface area contributed by atoms with E-state index in [1.165, 1.54) is 28.2 Å². The molecule has 2 aromatic heterocycles. The van der Waals surface area contributed by atoms with E-state index < -0.39 is 0 Å². The molecule has 35 heavy (non-hydrogen) atoms. The van der Waals surface area contributed by atoms with Gasteiger partial charge in [0.05, 0.1) is 17.1 Å². The first-order chi connectivity index (χ1) is 17.1. The van der Waals surface area contributed by atoms with E-state index in [1.54, 1.807) is 18.2 Å². The number of thiazole rings is 1. The lowest BCUT2D eigenvalue weighted by atomic mass is 10.2. The van der Waals surface area contributed by atoms with Gasteiger partial charge in [-0.1, -0.05) is 36.4 Å². The lowest BCUT2D eigenvalue weighted by Crippen LogP contribution is -2.31. The molecule has 0 saturated heterocycles. The molecule has 0 spiro atoms. The predicted molar refractivity (Wildman–Crippen MR) is 134 cm³/mol. The number of aryl methyl sites for hydroxylation is 1. The highest BCUT2D eigenvalue weighted by molar-refractivity contribution is 7.18. The van der Waals surface area contributed by atoms with Crippen molar-refractivity contribution in [1.82, 2.24) is 20.1 Å². The summed E-state index contributed by atoms with van der Waals surface area (Å²) in [5.74, 6) is 1.08. The Kier molecular flexibility index (Phi) is 6.40. The van der Waals surface area contributed by atoms with Crippen molar-refractivity contribution in [3.05, 3.63) is 88.4 Å². The highest BCUT2D eigenvalue weighted by atomic mass is 32.1. The number of nitrogens with zero attached hydrogens (tertiary/aromatic N) is 3. The van der Waals surface area contributed by atoms with Gasteiger partial charge in [-0.2, -0.15) is 5.10 Å². The maximum Gasteiger partial charge on any atom is 0.266 e. The molecule has 1 aliphatic heterocycles. The van der Waals surface area contributed by atoms with E-state index >= 15 is 0 Å². The summed E-state index contributed by atoms with van der Waals surface area (Å²) in [5, 5.41) is 8.20. The number of hydrogen-bond donors (Lipinski definition) is 1. The summed E-state index contributed by atoms with van der Waals surface area (Å²) in [5.41, 5.74) is 3.16. The molecule has 3 heterocycles. The van der Waals surface area contributed by atoms with Gasteiger partial charge in [0.25, 0.3) is 5.56 Å². The van der Waals surface area contributed by atoms with Crippen LogP contribution in [0.1, 0.15) is 11.3 Å². The number of hydrogen-bond acceptors (Lipinski definition) is 7. The van der Waals surface area contributed by atoms with Crippen LogP contribution in [0.2, 0.25) is 0 Å². The quantitative estimate of drug-likeness (QED) is 0.398. The van der Waals surface area contributed by atoms with Gasteiger partial charge in [0.15, 0.2) is 11.5 Å². The van der Waals surface area contributed by atoms with E-state index in [1.807, 2.05) is 49.4 Å². The van der Waals surface area contributed by atoms with Crippen LogP contribution in [-0.2, 0) is 11.3 Å². The minimum Gasteiger partial charge on any atom is -0.454 e. The average molecular weight is 487 g/mol. The van der Waals surface area contributed by atoms with Crippen LogP contribution < -0.4 is 20.3 Å². The summed E-state index contributed by atoms with van der Waals surface area (Å²) in [7, 11) is 0. The Morgan fingerprint density at radius 1 is 1.11 bits per heavy atom. The van der Waals surface area contributed by atoms with Gasteiger partial charge in [-0.25, -0.2) is 9.67 Å². The van der Waals surface area contributed by atoms with Crippen molar-refractivity contribution in [3.63, 3.8) is 0 Å². The molecule has 5 rings (SSSR count). The molecule has 0 aliphatic carbocycles. The number of benzene rings is 2. The van der Waals surface area contributed by atoms with Crippen LogP contribution in [0.5, 0.6) is 11.5 Å². The first-order valence-electron chi connectivity index (χ1n) is 11.0. The van der Waals surface area contributed by atoms with Gasteiger partial charge in [-0.15, -0.1) is 11.3 Å². The molecule has 1 amide bonds.